The highest BCUT2D eigenvalue weighted by molar-refractivity contribution is 6.31. The smallest absolute Gasteiger partial charge is 0.257 e. The number of nitrogens with one attached hydrogen (secondary N) is 2. The maximum absolute atomic E-state index is 12.5. The molecule has 1 aromatic heterocycles. The van der Waals surface area contributed by atoms with Crippen molar-refractivity contribution in [2.24, 2.45) is 0 Å². The predicted octanol–water partition coefficient (Wildman–Crippen LogP) is 5.00. The lowest BCUT2D eigenvalue weighted by Crippen LogP contribution is -2.12. The van der Waals surface area contributed by atoms with Gasteiger partial charge in [-0.25, -0.2) is 0 Å². The molecule has 0 spiro atoms. The van der Waals surface area contributed by atoms with E-state index >= 15 is 0 Å². The Bertz CT molecular complexity index is 913. The second-order valence-electron chi connectivity index (χ2n) is 5.82. The van der Waals surface area contributed by atoms with E-state index in [1.54, 1.807) is 24.4 Å². The van der Waals surface area contributed by atoms with Crippen LogP contribution in [0.25, 0.3) is 0 Å². The fraction of sp³-hybridized carbons (Fsp3) is 0.143. The SMILES string of the molecule is CCOc1ccc(NC(=O)c2cncc(NCc3ccccc3Cl)c2)cc1. The summed E-state index contributed by atoms with van der Waals surface area (Å²) in [5, 5.41) is 6.79. The first-order chi connectivity index (χ1) is 13.2. The molecule has 0 saturated carbocycles. The lowest BCUT2D eigenvalue weighted by atomic mass is 10.2. The van der Waals surface area contributed by atoms with Crippen LogP contribution in [-0.2, 0) is 6.54 Å². The Kier molecular flexibility index (Phi) is 6.28. The molecule has 3 rings (SSSR count). The minimum atomic E-state index is -0.229. The Balaban J connectivity index is 1.63. The van der Waals surface area contributed by atoms with Gasteiger partial charge in [0.25, 0.3) is 5.91 Å². The van der Waals surface area contributed by atoms with Crippen molar-refractivity contribution in [1.82, 2.24) is 4.98 Å². The number of hydrogen-bond donors (Lipinski definition) is 2. The van der Waals surface area contributed by atoms with Crippen molar-refractivity contribution in [2.45, 2.75) is 13.5 Å². The molecule has 0 aliphatic rings. The van der Waals surface area contributed by atoms with Gasteiger partial charge in [0, 0.05) is 29.6 Å². The van der Waals surface area contributed by atoms with Crippen molar-refractivity contribution in [3.8, 4) is 5.75 Å². The number of anilines is 2. The molecule has 0 unspecified atom stereocenters. The van der Waals surface area contributed by atoms with Gasteiger partial charge < -0.3 is 15.4 Å². The highest BCUT2D eigenvalue weighted by Crippen LogP contribution is 2.19. The van der Waals surface area contributed by atoms with Crippen LogP contribution in [0.15, 0.2) is 67.0 Å². The first-order valence-corrected chi connectivity index (χ1v) is 9.00. The molecule has 5 nitrogen and oxygen atoms in total. The zero-order valence-corrected chi connectivity index (χ0v) is 15.7. The van der Waals surface area contributed by atoms with E-state index in [1.807, 2.05) is 43.3 Å². The van der Waals surface area contributed by atoms with Crippen LogP contribution in [-0.4, -0.2) is 17.5 Å². The molecule has 0 fully saturated rings. The summed E-state index contributed by atoms with van der Waals surface area (Å²) in [4.78, 5) is 16.6. The van der Waals surface area contributed by atoms with Crippen LogP contribution in [0, 0.1) is 0 Å². The van der Waals surface area contributed by atoms with Gasteiger partial charge in [-0.05, 0) is 48.9 Å². The molecule has 0 aliphatic carbocycles. The summed E-state index contributed by atoms with van der Waals surface area (Å²) in [7, 11) is 0. The summed E-state index contributed by atoms with van der Waals surface area (Å²) in [5.74, 6) is 0.538. The van der Waals surface area contributed by atoms with Gasteiger partial charge in [-0.1, -0.05) is 29.8 Å². The normalized spacial score (nSPS) is 10.3. The molecule has 3 aromatic rings. The number of carbonyl (C=O) groups excluding carboxylic acids is 1. The van der Waals surface area contributed by atoms with Crippen molar-refractivity contribution in [1.29, 1.82) is 0 Å². The van der Waals surface area contributed by atoms with Crippen LogP contribution in [0.5, 0.6) is 5.75 Å². The molecule has 1 amide bonds. The fourth-order valence-electron chi connectivity index (χ4n) is 2.50. The van der Waals surface area contributed by atoms with E-state index in [1.165, 1.54) is 6.20 Å². The van der Waals surface area contributed by atoms with E-state index in [9.17, 15) is 4.79 Å². The summed E-state index contributed by atoms with van der Waals surface area (Å²) < 4.78 is 5.40. The lowest BCUT2D eigenvalue weighted by Gasteiger charge is -2.10. The summed E-state index contributed by atoms with van der Waals surface area (Å²) in [6.45, 7) is 3.08. The number of nitrogens with zero attached hydrogens (tertiary/aromatic N) is 1. The van der Waals surface area contributed by atoms with Gasteiger partial charge in [-0.3, -0.25) is 9.78 Å². The van der Waals surface area contributed by atoms with Gasteiger partial charge in [0.15, 0.2) is 0 Å². The standard InChI is InChI=1S/C21H20ClN3O2/c1-2-27-19-9-7-17(8-10-19)25-21(26)16-11-18(14-23-12-16)24-13-15-5-3-4-6-20(15)22/h3-12,14,24H,2,13H2,1H3,(H,25,26). The van der Waals surface area contributed by atoms with Gasteiger partial charge in [0.1, 0.15) is 5.75 Å². The average Bonchev–Trinajstić information content (AvgIpc) is 2.69. The number of carbonyl (C=O) groups is 1. The Morgan fingerprint density at radius 1 is 1.07 bits per heavy atom. The third-order valence-electron chi connectivity index (χ3n) is 3.86. The second kappa shape index (κ2) is 9.05. The van der Waals surface area contributed by atoms with Crippen molar-refractivity contribution < 1.29 is 9.53 Å². The van der Waals surface area contributed by atoms with E-state index in [2.05, 4.69) is 15.6 Å². The molecular weight excluding hydrogens is 362 g/mol. The minimum absolute atomic E-state index is 0.229. The third-order valence-corrected chi connectivity index (χ3v) is 4.23. The monoisotopic (exact) mass is 381 g/mol. The van der Waals surface area contributed by atoms with Gasteiger partial charge in [0.05, 0.1) is 17.9 Å². The first kappa shape index (κ1) is 18.7. The van der Waals surface area contributed by atoms with Crippen LogP contribution >= 0.6 is 11.6 Å². The van der Waals surface area contributed by atoms with Crippen LogP contribution < -0.4 is 15.4 Å². The van der Waals surface area contributed by atoms with E-state index in [4.69, 9.17) is 16.3 Å². The molecule has 138 valence electrons. The summed E-state index contributed by atoms with van der Waals surface area (Å²) in [6.07, 6.45) is 3.20. The van der Waals surface area contributed by atoms with E-state index in [0.717, 1.165) is 17.0 Å². The predicted molar refractivity (Wildman–Crippen MR) is 109 cm³/mol. The highest BCUT2D eigenvalue weighted by atomic mass is 35.5. The van der Waals surface area contributed by atoms with Crippen LogP contribution in [0.2, 0.25) is 5.02 Å². The van der Waals surface area contributed by atoms with Crippen molar-refractivity contribution in [3.63, 3.8) is 0 Å². The van der Waals surface area contributed by atoms with E-state index in [-0.39, 0.29) is 5.91 Å². The van der Waals surface area contributed by atoms with E-state index < -0.39 is 0 Å². The zero-order valence-electron chi connectivity index (χ0n) is 14.9. The molecule has 2 aromatic carbocycles. The Morgan fingerprint density at radius 2 is 1.85 bits per heavy atom. The Labute approximate surface area is 163 Å². The molecule has 0 saturated heterocycles. The number of hydrogen-bond acceptors (Lipinski definition) is 4. The number of rotatable bonds is 7. The summed E-state index contributed by atoms with van der Waals surface area (Å²) in [5.41, 5.74) is 2.88. The lowest BCUT2D eigenvalue weighted by molar-refractivity contribution is 0.102. The van der Waals surface area contributed by atoms with Crippen molar-refractivity contribution in [3.05, 3.63) is 83.1 Å². The molecule has 0 bridgehead atoms. The van der Waals surface area contributed by atoms with Crippen molar-refractivity contribution in [2.75, 3.05) is 17.2 Å². The maximum atomic E-state index is 12.5. The third kappa shape index (κ3) is 5.21. The number of halogens is 1. The molecule has 6 heteroatoms. The van der Waals surface area contributed by atoms with Crippen LogP contribution in [0.1, 0.15) is 22.8 Å². The van der Waals surface area contributed by atoms with Gasteiger partial charge in [-0.15, -0.1) is 0 Å². The zero-order chi connectivity index (χ0) is 19.1. The number of amides is 1. The highest BCUT2D eigenvalue weighted by Gasteiger charge is 2.08. The Morgan fingerprint density at radius 3 is 2.59 bits per heavy atom. The molecular formula is C21H20ClN3O2. The van der Waals surface area contributed by atoms with Gasteiger partial charge in [-0.2, -0.15) is 0 Å². The average molecular weight is 382 g/mol. The summed E-state index contributed by atoms with van der Waals surface area (Å²) in [6, 6.07) is 16.6. The Hall–Kier alpha value is -3.05. The first-order valence-electron chi connectivity index (χ1n) is 8.62. The fourth-order valence-corrected chi connectivity index (χ4v) is 2.71. The number of pyridine rings is 1. The molecule has 2 N–H and O–H groups in total. The molecule has 1 heterocycles. The molecule has 27 heavy (non-hydrogen) atoms. The van der Waals surface area contributed by atoms with Crippen molar-refractivity contribution >= 4 is 28.9 Å². The van der Waals surface area contributed by atoms with Gasteiger partial charge in [0.2, 0.25) is 0 Å². The second-order valence-corrected chi connectivity index (χ2v) is 6.23. The number of aromatic nitrogens is 1. The van der Waals surface area contributed by atoms with Gasteiger partial charge >= 0.3 is 0 Å². The number of ether oxygens (including phenoxy) is 1. The largest absolute Gasteiger partial charge is 0.494 e. The number of benzene rings is 2. The minimum Gasteiger partial charge on any atom is -0.494 e. The molecule has 0 radical (unpaired) electrons. The van der Waals surface area contributed by atoms with Crippen LogP contribution in [0.3, 0.4) is 0 Å². The maximum Gasteiger partial charge on any atom is 0.257 e. The summed E-state index contributed by atoms with van der Waals surface area (Å²) >= 11 is 6.16. The topological polar surface area (TPSA) is 63.2 Å². The van der Waals surface area contributed by atoms with Crippen LogP contribution in [0.4, 0.5) is 11.4 Å². The van der Waals surface area contributed by atoms with E-state index in [0.29, 0.717) is 29.4 Å². The quantitative estimate of drug-likeness (QED) is 0.604. The molecule has 0 aliphatic heterocycles. The molecule has 0 atom stereocenters.